The van der Waals surface area contributed by atoms with Gasteiger partial charge >= 0.3 is 6.18 Å². The SMILES string of the molecule is Cc1ncsc1-c1ccc(CNC(=O)[C@@H]2C[C@@H](C)CN2C(=O)[C@@H](NC(=O)COCCCOCCC(O)CCOc2ccc(N3C(=S)N(c4ccc(C#N)c(C(F)(F)F)c4)C(=O)C3(C)C)cc2)C(C)(C)C)cc1. The van der Waals surface area contributed by atoms with Gasteiger partial charge in [-0.3, -0.25) is 24.1 Å². The van der Waals surface area contributed by atoms with Crippen molar-refractivity contribution in [2.75, 3.05) is 49.4 Å². The number of aliphatic hydroxyl groups is 1. The van der Waals surface area contributed by atoms with Gasteiger partial charge in [0.25, 0.3) is 5.91 Å². The van der Waals surface area contributed by atoms with E-state index < -0.39 is 58.3 Å². The van der Waals surface area contributed by atoms with Crippen molar-refractivity contribution in [3.8, 4) is 22.3 Å². The second-order valence-electron chi connectivity index (χ2n) is 19.6. The zero-order valence-electron chi connectivity index (χ0n) is 41.5. The lowest BCUT2D eigenvalue weighted by Crippen LogP contribution is -2.58. The number of carbonyl (C=O) groups excluding carboxylic acids is 4. The maximum atomic E-state index is 14.1. The third-order valence-corrected chi connectivity index (χ3v) is 13.9. The predicted octanol–water partition coefficient (Wildman–Crippen LogP) is 7.95. The van der Waals surface area contributed by atoms with E-state index in [4.69, 9.17) is 26.4 Å². The fraction of sp³-hybridized carbons (Fsp3) is 0.481. The highest BCUT2D eigenvalue weighted by molar-refractivity contribution is 7.81. The van der Waals surface area contributed by atoms with E-state index in [-0.39, 0.29) is 55.0 Å². The summed E-state index contributed by atoms with van der Waals surface area (Å²) in [6.45, 7) is 14.3. The Labute approximate surface area is 427 Å². The third-order valence-electron chi connectivity index (χ3n) is 12.5. The standard InChI is InChI=1S/C52H62F3N7O8S2/c1-32-25-42(46(65)57-28-34-9-11-35(12-10-34)44-33(2)58-31-72-44)60(29-32)47(66)45(50(3,4)5)59-43(64)30-69-22-8-21-68-23-19-39(63)20-24-70-40-17-15-37(16-18-40)62-49(71)61(48(67)51(62,6)7)38-14-13-36(27-56)41(26-38)52(53,54)55/h9-18,26,31-32,39,42,45,63H,8,19-25,28-30H2,1-7H3,(H,57,65)(H,59,64)/t32-,39?,42+,45-/m1/s1. The van der Waals surface area contributed by atoms with Crippen LogP contribution in [0.25, 0.3) is 10.4 Å². The molecule has 0 radical (unpaired) electrons. The quantitative estimate of drug-likeness (QED) is 0.0541. The molecule has 2 fully saturated rings. The van der Waals surface area contributed by atoms with Crippen LogP contribution in [0, 0.1) is 29.6 Å². The molecule has 1 unspecified atom stereocenters. The van der Waals surface area contributed by atoms with Gasteiger partial charge in [0, 0.05) is 45.0 Å². The average molecular weight is 1030 g/mol. The summed E-state index contributed by atoms with van der Waals surface area (Å²) < 4.78 is 58.2. The molecule has 386 valence electrons. The highest BCUT2D eigenvalue weighted by atomic mass is 32.1. The molecule has 72 heavy (non-hydrogen) atoms. The molecule has 2 saturated heterocycles. The fourth-order valence-electron chi connectivity index (χ4n) is 8.57. The molecule has 3 aromatic carbocycles. The van der Waals surface area contributed by atoms with Crippen molar-refractivity contribution in [3.05, 3.63) is 94.6 Å². The van der Waals surface area contributed by atoms with Gasteiger partial charge in [0.2, 0.25) is 17.7 Å². The molecule has 4 atom stereocenters. The number of amides is 4. The smallest absolute Gasteiger partial charge is 0.417 e. The van der Waals surface area contributed by atoms with E-state index >= 15 is 0 Å². The van der Waals surface area contributed by atoms with E-state index in [0.717, 1.165) is 38.7 Å². The first kappa shape index (κ1) is 55.3. The van der Waals surface area contributed by atoms with Gasteiger partial charge < -0.3 is 39.8 Å². The average Bonchev–Trinajstić information content (AvgIpc) is 3.99. The minimum atomic E-state index is -4.81. The van der Waals surface area contributed by atoms with E-state index in [0.29, 0.717) is 56.8 Å². The zero-order chi connectivity index (χ0) is 52.5. The Balaban J connectivity index is 0.865. The summed E-state index contributed by atoms with van der Waals surface area (Å²) in [5.74, 6) is -0.967. The first-order valence-corrected chi connectivity index (χ1v) is 25.0. The molecule has 15 nitrogen and oxygen atoms in total. The van der Waals surface area contributed by atoms with Gasteiger partial charge in [-0.05, 0) is 117 Å². The van der Waals surface area contributed by atoms with Crippen LogP contribution >= 0.6 is 23.6 Å². The molecule has 2 aliphatic rings. The first-order valence-electron chi connectivity index (χ1n) is 23.7. The molecule has 4 aromatic rings. The second-order valence-corrected chi connectivity index (χ2v) is 20.9. The van der Waals surface area contributed by atoms with Crippen LogP contribution in [-0.4, -0.2) is 107 Å². The number of nitriles is 1. The van der Waals surface area contributed by atoms with Gasteiger partial charge in [-0.25, -0.2) is 4.98 Å². The first-order chi connectivity index (χ1) is 34.0. The number of benzene rings is 3. The highest BCUT2D eigenvalue weighted by Gasteiger charge is 2.51. The van der Waals surface area contributed by atoms with E-state index in [2.05, 4.69) is 15.6 Å². The number of aliphatic hydroxyl groups excluding tert-OH is 1. The lowest BCUT2D eigenvalue weighted by Gasteiger charge is -2.35. The number of thiazole rings is 1. The van der Waals surface area contributed by atoms with E-state index in [9.17, 15) is 42.7 Å². The van der Waals surface area contributed by atoms with Crippen LogP contribution in [0.4, 0.5) is 24.5 Å². The Morgan fingerprint density at radius 1 is 0.986 bits per heavy atom. The second kappa shape index (κ2) is 23.7. The molecular weight excluding hydrogens is 972 g/mol. The van der Waals surface area contributed by atoms with E-state index in [1.165, 1.54) is 12.1 Å². The van der Waals surface area contributed by atoms with Gasteiger partial charge in [0.1, 0.15) is 30.0 Å². The molecule has 0 saturated carbocycles. The van der Waals surface area contributed by atoms with Crippen molar-refractivity contribution in [2.45, 2.75) is 111 Å². The van der Waals surface area contributed by atoms with Gasteiger partial charge in [-0.2, -0.15) is 18.4 Å². The van der Waals surface area contributed by atoms with Crippen LogP contribution in [-0.2, 0) is 41.4 Å². The number of aromatic nitrogens is 1. The number of thiocarbonyl (C=S) groups is 1. The Kier molecular flexibility index (Phi) is 18.2. The van der Waals surface area contributed by atoms with Crippen LogP contribution in [0.5, 0.6) is 5.75 Å². The molecule has 0 bridgehead atoms. The van der Waals surface area contributed by atoms with E-state index in [1.807, 2.05) is 64.4 Å². The largest absolute Gasteiger partial charge is 0.493 e. The van der Waals surface area contributed by atoms with Gasteiger partial charge in [0.05, 0.1) is 51.7 Å². The molecule has 6 rings (SSSR count). The van der Waals surface area contributed by atoms with E-state index in [1.54, 1.807) is 59.2 Å². The summed E-state index contributed by atoms with van der Waals surface area (Å²) in [6.07, 6.45) is -3.86. The molecular formula is C52H62F3N7O8S2. The lowest BCUT2D eigenvalue weighted by molar-refractivity contribution is -0.144. The number of likely N-dealkylation sites (tertiary alicyclic amines) is 1. The normalized spacial score (nSPS) is 17.7. The number of halogens is 3. The van der Waals surface area contributed by atoms with Crippen molar-refractivity contribution in [2.24, 2.45) is 11.3 Å². The minimum absolute atomic E-state index is 0.0276. The van der Waals surface area contributed by atoms with Crippen molar-refractivity contribution in [3.63, 3.8) is 0 Å². The summed E-state index contributed by atoms with van der Waals surface area (Å²) >= 11 is 7.19. The number of anilines is 2. The molecule has 2 aliphatic heterocycles. The molecule has 3 heterocycles. The Morgan fingerprint density at radius 2 is 1.65 bits per heavy atom. The number of nitrogens with zero attached hydrogens (tertiary/aromatic N) is 5. The number of nitrogens with one attached hydrogen (secondary N) is 2. The number of ether oxygens (including phenoxy) is 3. The van der Waals surface area contributed by atoms with Crippen LogP contribution in [0.15, 0.2) is 72.2 Å². The topological polar surface area (TPSA) is 187 Å². The van der Waals surface area contributed by atoms with Gasteiger partial charge in [-0.15, -0.1) is 11.3 Å². The predicted molar refractivity (Wildman–Crippen MR) is 271 cm³/mol. The summed E-state index contributed by atoms with van der Waals surface area (Å²) in [5, 5.41) is 25.6. The molecule has 0 aliphatic carbocycles. The maximum absolute atomic E-state index is 14.1. The van der Waals surface area contributed by atoms with Crippen molar-refractivity contribution in [1.29, 1.82) is 5.26 Å². The minimum Gasteiger partial charge on any atom is -0.493 e. The summed E-state index contributed by atoms with van der Waals surface area (Å²) in [7, 11) is 0. The van der Waals surface area contributed by atoms with Gasteiger partial charge in [-0.1, -0.05) is 52.0 Å². The van der Waals surface area contributed by atoms with Crippen molar-refractivity contribution in [1.82, 2.24) is 20.5 Å². The number of rotatable bonds is 21. The molecule has 3 N–H and O–H groups in total. The summed E-state index contributed by atoms with van der Waals surface area (Å²) in [4.78, 5) is 63.8. The number of hydrogen-bond acceptors (Lipinski definition) is 12. The zero-order valence-corrected chi connectivity index (χ0v) is 43.1. The van der Waals surface area contributed by atoms with Crippen LogP contribution in [0.3, 0.4) is 0 Å². The summed E-state index contributed by atoms with van der Waals surface area (Å²) in [6, 6.07) is 17.6. The summed E-state index contributed by atoms with van der Waals surface area (Å²) in [5.41, 5.74) is 1.55. The molecule has 20 heteroatoms. The van der Waals surface area contributed by atoms with Crippen LogP contribution in [0.1, 0.15) is 89.6 Å². The van der Waals surface area contributed by atoms with Crippen LogP contribution in [0.2, 0.25) is 0 Å². The number of carbonyl (C=O) groups is 4. The Morgan fingerprint density at radius 3 is 2.29 bits per heavy atom. The molecule has 4 amide bonds. The van der Waals surface area contributed by atoms with Crippen LogP contribution < -0.4 is 25.2 Å². The Bertz CT molecular complexity index is 2610. The molecule has 0 spiro atoms. The van der Waals surface area contributed by atoms with Gasteiger partial charge in [0.15, 0.2) is 5.11 Å². The van der Waals surface area contributed by atoms with Crippen molar-refractivity contribution >= 4 is 63.7 Å². The molecule has 1 aromatic heterocycles. The number of aryl methyl sites for hydroxylation is 1. The third kappa shape index (κ3) is 13.5. The fourth-order valence-corrected chi connectivity index (χ4v) is 9.91. The monoisotopic (exact) mass is 1030 g/mol. The Hall–Kier alpha value is -5.98. The van der Waals surface area contributed by atoms with Crippen molar-refractivity contribution < 1.29 is 51.7 Å². The maximum Gasteiger partial charge on any atom is 0.417 e. The lowest BCUT2D eigenvalue weighted by atomic mass is 9.85. The number of alkyl halides is 3. The highest BCUT2D eigenvalue weighted by Crippen LogP contribution is 2.40. The number of hydrogen-bond donors (Lipinski definition) is 3.